The molecule has 0 saturated heterocycles. The lowest BCUT2D eigenvalue weighted by atomic mass is 9.89. The third-order valence-corrected chi connectivity index (χ3v) is 7.17. The smallest absolute Gasteiger partial charge is 0.269 e. The Balaban J connectivity index is 2.19. The van der Waals surface area contributed by atoms with Crippen LogP contribution >= 0.6 is 0 Å². The van der Waals surface area contributed by atoms with Crippen LogP contribution in [0.25, 0.3) is 0 Å². The standard InChI is InChI=1S/C18H17NO6S/c1-12-10-16(20)18(21,13-6-5-7-14(11-13)19(22)23)17(12)26(24,25)15-8-3-2-4-9-15/h2-9,11-12,17,21H,10H2,1H3/t12-,17+,18-/m1/s1. The Morgan fingerprint density at radius 1 is 1.15 bits per heavy atom. The molecule has 0 radical (unpaired) electrons. The molecule has 1 aliphatic rings. The lowest BCUT2D eigenvalue weighted by Gasteiger charge is -2.30. The summed E-state index contributed by atoms with van der Waals surface area (Å²) in [4.78, 5) is 23.0. The summed E-state index contributed by atoms with van der Waals surface area (Å²) in [5.41, 5.74) is -2.73. The zero-order chi connectivity index (χ0) is 19.1. The molecule has 1 N–H and O–H groups in total. The number of sulfone groups is 1. The molecule has 2 aromatic carbocycles. The largest absolute Gasteiger partial charge is 0.376 e. The Bertz CT molecular complexity index is 972. The van der Waals surface area contributed by atoms with Crippen LogP contribution in [0.1, 0.15) is 18.9 Å². The van der Waals surface area contributed by atoms with Gasteiger partial charge in [0.1, 0.15) is 5.25 Å². The van der Waals surface area contributed by atoms with E-state index in [0.29, 0.717) is 0 Å². The maximum Gasteiger partial charge on any atom is 0.269 e. The highest BCUT2D eigenvalue weighted by molar-refractivity contribution is 7.92. The van der Waals surface area contributed by atoms with E-state index in [1.54, 1.807) is 25.1 Å². The van der Waals surface area contributed by atoms with Gasteiger partial charge in [-0.25, -0.2) is 8.42 Å². The van der Waals surface area contributed by atoms with Crippen LogP contribution in [0.15, 0.2) is 59.5 Å². The molecule has 1 aliphatic carbocycles. The highest BCUT2D eigenvalue weighted by Gasteiger charge is 2.59. The van der Waals surface area contributed by atoms with Crippen LogP contribution in [-0.4, -0.2) is 29.5 Å². The molecule has 2 aromatic rings. The summed E-state index contributed by atoms with van der Waals surface area (Å²) in [5.74, 6) is -1.30. The van der Waals surface area contributed by atoms with Gasteiger partial charge in [0.2, 0.25) is 0 Å². The number of carbonyl (C=O) groups excluding carboxylic acids is 1. The van der Waals surface area contributed by atoms with Crippen molar-refractivity contribution in [1.29, 1.82) is 0 Å². The maximum atomic E-state index is 13.2. The minimum atomic E-state index is -4.05. The molecule has 1 saturated carbocycles. The third kappa shape index (κ3) is 2.71. The van der Waals surface area contributed by atoms with Crippen LogP contribution in [0.3, 0.4) is 0 Å². The zero-order valence-electron chi connectivity index (χ0n) is 13.9. The second-order valence-corrected chi connectivity index (χ2v) is 8.53. The molecule has 0 bridgehead atoms. The summed E-state index contributed by atoms with van der Waals surface area (Å²) in [6.07, 6.45) is -0.129. The van der Waals surface area contributed by atoms with Crippen LogP contribution < -0.4 is 0 Å². The molecule has 7 nitrogen and oxygen atoms in total. The Labute approximate surface area is 150 Å². The first kappa shape index (κ1) is 18.2. The molecular weight excluding hydrogens is 358 g/mol. The normalized spacial score (nSPS) is 26.0. The minimum Gasteiger partial charge on any atom is -0.376 e. The van der Waals surface area contributed by atoms with E-state index in [0.717, 1.165) is 6.07 Å². The van der Waals surface area contributed by atoms with Gasteiger partial charge in [-0.3, -0.25) is 14.9 Å². The van der Waals surface area contributed by atoms with E-state index in [-0.39, 0.29) is 22.6 Å². The van der Waals surface area contributed by atoms with E-state index in [2.05, 4.69) is 0 Å². The quantitative estimate of drug-likeness (QED) is 0.647. The zero-order valence-corrected chi connectivity index (χ0v) is 14.7. The Hall–Kier alpha value is -2.58. The molecule has 0 heterocycles. The molecule has 26 heavy (non-hydrogen) atoms. The van der Waals surface area contributed by atoms with Crippen LogP contribution in [0.2, 0.25) is 0 Å². The van der Waals surface area contributed by atoms with E-state index in [9.17, 15) is 28.4 Å². The van der Waals surface area contributed by atoms with Crippen molar-refractivity contribution in [1.82, 2.24) is 0 Å². The van der Waals surface area contributed by atoms with E-state index in [4.69, 9.17) is 0 Å². The molecule has 0 aliphatic heterocycles. The molecule has 3 atom stereocenters. The van der Waals surface area contributed by atoms with Gasteiger partial charge in [-0.2, -0.15) is 0 Å². The number of nitrogens with zero attached hydrogens (tertiary/aromatic N) is 1. The summed E-state index contributed by atoms with van der Waals surface area (Å²) in [5, 5.41) is 20.8. The fourth-order valence-corrected chi connectivity index (χ4v) is 5.85. The fraction of sp³-hybridized carbons (Fsp3) is 0.278. The Morgan fingerprint density at radius 2 is 1.81 bits per heavy atom. The number of non-ortho nitro benzene ring substituents is 1. The first-order chi connectivity index (χ1) is 12.2. The lowest BCUT2D eigenvalue weighted by molar-refractivity contribution is -0.385. The second kappa shape index (κ2) is 6.30. The van der Waals surface area contributed by atoms with Gasteiger partial charge in [-0.05, 0) is 23.6 Å². The molecule has 0 aromatic heterocycles. The number of rotatable bonds is 4. The first-order valence-electron chi connectivity index (χ1n) is 7.98. The summed E-state index contributed by atoms with van der Waals surface area (Å²) in [7, 11) is -4.05. The predicted octanol–water partition coefficient (Wildman–Crippen LogP) is 2.23. The predicted molar refractivity (Wildman–Crippen MR) is 93.2 cm³/mol. The van der Waals surface area contributed by atoms with Crippen molar-refractivity contribution in [2.24, 2.45) is 5.92 Å². The van der Waals surface area contributed by atoms with Crippen LogP contribution in [0.5, 0.6) is 0 Å². The molecule has 1 fully saturated rings. The minimum absolute atomic E-state index is 0.00425. The van der Waals surface area contributed by atoms with Gasteiger partial charge in [0, 0.05) is 18.6 Å². The van der Waals surface area contributed by atoms with Gasteiger partial charge >= 0.3 is 0 Å². The summed E-state index contributed by atoms with van der Waals surface area (Å²) in [6, 6.07) is 12.5. The molecule has 3 rings (SSSR count). The molecule has 0 unspecified atom stereocenters. The van der Waals surface area contributed by atoms with Gasteiger partial charge in [-0.1, -0.05) is 37.3 Å². The van der Waals surface area contributed by atoms with Gasteiger partial charge in [0.05, 0.1) is 9.82 Å². The van der Waals surface area contributed by atoms with Crippen molar-refractivity contribution >= 4 is 21.3 Å². The number of hydrogen-bond donors (Lipinski definition) is 1. The lowest BCUT2D eigenvalue weighted by Crippen LogP contribution is -2.46. The second-order valence-electron chi connectivity index (χ2n) is 6.46. The molecule has 0 amide bonds. The average molecular weight is 375 g/mol. The van der Waals surface area contributed by atoms with Gasteiger partial charge in [0.15, 0.2) is 21.2 Å². The number of carbonyl (C=O) groups is 1. The van der Waals surface area contributed by atoms with E-state index >= 15 is 0 Å². The number of nitro benzene ring substituents is 1. The van der Waals surface area contributed by atoms with Crippen molar-refractivity contribution in [2.45, 2.75) is 29.1 Å². The summed E-state index contributed by atoms with van der Waals surface area (Å²) in [6.45, 7) is 1.58. The third-order valence-electron chi connectivity index (χ3n) is 4.76. The number of aliphatic hydroxyl groups is 1. The van der Waals surface area contributed by atoms with E-state index in [1.807, 2.05) is 0 Å². The highest BCUT2D eigenvalue weighted by Crippen LogP contribution is 2.45. The molecular formula is C18H17NO6S. The monoisotopic (exact) mass is 375 g/mol. The number of nitro groups is 1. The van der Waals surface area contributed by atoms with Crippen molar-refractivity contribution in [3.63, 3.8) is 0 Å². The number of hydrogen-bond acceptors (Lipinski definition) is 6. The van der Waals surface area contributed by atoms with Gasteiger partial charge < -0.3 is 5.11 Å². The van der Waals surface area contributed by atoms with Gasteiger partial charge in [-0.15, -0.1) is 0 Å². The number of Topliss-reactive ketones (excluding diaryl/α,β-unsaturated/α-hetero) is 1. The number of ketones is 1. The van der Waals surface area contributed by atoms with E-state index in [1.165, 1.54) is 30.3 Å². The highest BCUT2D eigenvalue weighted by atomic mass is 32.2. The van der Waals surface area contributed by atoms with E-state index < -0.39 is 37.3 Å². The summed E-state index contributed by atoms with van der Waals surface area (Å²) < 4.78 is 26.3. The SMILES string of the molecule is C[C@@H]1CC(=O)[C@](O)(c2cccc([N+](=O)[O-])c2)[C@H]1S(=O)(=O)c1ccccc1. The van der Waals surface area contributed by atoms with Gasteiger partial charge in [0.25, 0.3) is 5.69 Å². The fourth-order valence-electron chi connectivity index (χ4n) is 3.59. The molecule has 0 spiro atoms. The topological polar surface area (TPSA) is 115 Å². The Kier molecular flexibility index (Phi) is 4.41. The van der Waals surface area contributed by atoms with Crippen LogP contribution in [-0.2, 0) is 20.2 Å². The average Bonchev–Trinajstić information content (AvgIpc) is 2.86. The Morgan fingerprint density at radius 3 is 2.42 bits per heavy atom. The first-order valence-corrected chi connectivity index (χ1v) is 9.53. The van der Waals surface area contributed by atoms with Crippen molar-refractivity contribution < 1.29 is 23.2 Å². The van der Waals surface area contributed by atoms with Crippen molar-refractivity contribution in [3.8, 4) is 0 Å². The maximum absolute atomic E-state index is 13.2. The van der Waals surface area contributed by atoms with Crippen LogP contribution in [0, 0.1) is 16.0 Å². The molecule has 136 valence electrons. The number of benzene rings is 2. The summed E-state index contributed by atoms with van der Waals surface area (Å²) >= 11 is 0. The van der Waals surface area contributed by atoms with Crippen LogP contribution in [0.4, 0.5) is 5.69 Å². The molecule has 8 heteroatoms. The van der Waals surface area contributed by atoms with Crippen molar-refractivity contribution in [3.05, 3.63) is 70.3 Å². The van der Waals surface area contributed by atoms with Crippen molar-refractivity contribution in [2.75, 3.05) is 0 Å².